The van der Waals surface area contributed by atoms with Crippen LogP contribution in [0.2, 0.25) is 0 Å². The lowest BCUT2D eigenvalue weighted by atomic mass is 9.75. The van der Waals surface area contributed by atoms with Crippen molar-refractivity contribution in [3.05, 3.63) is 488 Å². The van der Waals surface area contributed by atoms with E-state index in [9.17, 15) is 10.0 Å². The quantitative estimate of drug-likeness (QED) is 0.100. The third-order valence-corrected chi connectivity index (χ3v) is 29.7. The van der Waals surface area contributed by atoms with Crippen LogP contribution in [0.25, 0.3) is 273 Å². The van der Waals surface area contributed by atoms with Gasteiger partial charge >= 0.3 is 7.12 Å². The van der Waals surface area contributed by atoms with Crippen LogP contribution in [0.15, 0.2) is 488 Å². The molecular formula is C132H81BBr2O2. The van der Waals surface area contributed by atoms with E-state index in [1.165, 1.54) is 257 Å². The van der Waals surface area contributed by atoms with E-state index in [0.717, 1.165) is 25.1 Å². The molecule has 0 aromatic heterocycles. The zero-order valence-electron chi connectivity index (χ0n) is 74.3. The van der Waals surface area contributed by atoms with Gasteiger partial charge in [0.1, 0.15) is 0 Å². The van der Waals surface area contributed by atoms with E-state index in [4.69, 9.17) is 0 Å². The van der Waals surface area contributed by atoms with E-state index >= 15 is 0 Å². The molecule has 2 N–H and O–H groups in total. The molecule has 5 heteroatoms. The summed E-state index contributed by atoms with van der Waals surface area (Å²) in [4.78, 5) is 0. The molecule has 638 valence electrons. The van der Waals surface area contributed by atoms with Crippen molar-refractivity contribution in [1.29, 1.82) is 0 Å². The van der Waals surface area contributed by atoms with E-state index in [0.29, 0.717) is 5.46 Å². The Hall–Kier alpha value is -16.2. The summed E-state index contributed by atoms with van der Waals surface area (Å²) in [7, 11) is -1.44. The Morgan fingerprint density at radius 3 is 0.628 bits per heavy atom. The van der Waals surface area contributed by atoms with Crippen LogP contribution >= 0.6 is 31.9 Å². The normalized spacial score (nSPS) is 11.8. The van der Waals surface area contributed by atoms with Crippen LogP contribution in [0.4, 0.5) is 0 Å². The van der Waals surface area contributed by atoms with E-state index in [1.807, 2.05) is 24.3 Å². The average Bonchev–Trinajstić information content (AvgIpc) is 0.695. The summed E-state index contributed by atoms with van der Waals surface area (Å²) < 4.78 is 2.13. The van der Waals surface area contributed by atoms with Crippen molar-refractivity contribution in [2.24, 2.45) is 0 Å². The molecule has 28 aromatic rings. The van der Waals surface area contributed by atoms with Gasteiger partial charge in [-0.1, -0.05) is 475 Å². The predicted molar refractivity (Wildman–Crippen MR) is 595 cm³/mol. The van der Waals surface area contributed by atoms with Crippen molar-refractivity contribution in [3.63, 3.8) is 0 Å². The molecule has 0 saturated heterocycles. The molecule has 0 heterocycles. The Kier molecular flexibility index (Phi) is 19.9. The Bertz CT molecular complexity index is 9130. The lowest BCUT2D eigenvalue weighted by Crippen LogP contribution is -2.30. The van der Waals surface area contributed by atoms with Crippen molar-refractivity contribution in [1.82, 2.24) is 0 Å². The van der Waals surface area contributed by atoms with Gasteiger partial charge in [0.2, 0.25) is 0 Å². The highest BCUT2D eigenvalue weighted by Crippen LogP contribution is 2.59. The van der Waals surface area contributed by atoms with Crippen LogP contribution < -0.4 is 5.46 Å². The molecule has 0 bridgehead atoms. The van der Waals surface area contributed by atoms with Gasteiger partial charge in [-0.15, -0.1) is 0 Å². The maximum Gasteiger partial charge on any atom is 0.489 e. The van der Waals surface area contributed by atoms with Gasteiger partial charge < -0.3 is 10.0 Å². The van der Waals surface area contributed by atoms with Crippen LogP contribution in [0, 0.1) is 0 Å². The van der Waals surface area contributed by atoms with Gasteiger partial charge in [0.25, 0.3) is 0 Å². The number of hydrogen-bond donors (Lipinski definition) is 2. The first-order valence-electron chi connectivity index (χ1n) is 46.8. The fourth-order valence-electron chi connectivity index (χ4n) is 22.9. The molecule has 0 fully saturated rings. The summed E-state index contributed by atoms with van der Waals surface area (Å²) in [6.07, 6.45) is 0. The summed E-state index contributed by atoms with van der Waals surface area (Å²) in [6.45, 7) is 0. The standard InChI is InChI=1S/C74H44.C42H26Br2.C16H11BO2/c1-5-15-45(16-6-1)69-70(46-17-7-2-8-18-46)72(48-21-11-4-12-22-48)74-64-44-56(58-38-32-54-30-28-50-24-14-26-52-34-42-62(58)68(54)66(50)52)36-40-60(64)59-39-35-55(43-63(59)73(74)71(69)47-19-9-3-10-20-47)57-37-31-53-29-27-49-23-13-25-51-33-41-61(57)67(53)65(49)51;43-31-21-23-33-34-24-22-32(44)26-36(34)42-40(30-19-11-4-12-20-30)38(28-15-7-2-8-16-28)37(27-13-5-1-6-14-27)39(41(42)35(33)25-31)29-17-9-3-10-18-29;18-17(19)14-9-7-12-5-4-10-2-1-3-11-6-8-13(14)16(12)15(10)11/h1-44H;1-26H;1-9,18-19H. The monoisotopic (exact) mass is 1870 g/mol. The van der Waals surface area contributed by atoms with Crippen molar-refractivity contribution in [3.8, 4) is 111 Å². The van der Waals surface area contributed by atoms with Crippen LogP contribution in [0.3, 0.4) is 0 Å². The van der Waals surface area contributed by atoms with E-state index < -0.39 is 7.12 Å². The largest absolute Gasteiger partial charge is 0.489 e. The Labute approximate surface area is 809 Å². The van der Waals surface area contributed by atoms with Crippen LogP contribution in [0.5, 0.6) is 0 Å². The van der Waals surface area contributed by atoms with Crippen molar-refractivity contribution in [2.45, 2.75) is 0 Å². The Balaban J connectivity index is 0.000000129. The molecule has 0 atom stereocenters. The van der Waals surface area contributed by atoms with Gasteiger partial charge in [-0.2, -0.15) is 0 Å². The second-order valence-corrected chi connectivity index (χ2v) is 38.0. The Morgan fingerprint density at radius 1 is 0.139 bits per heavy atom. The third-order valence-electron chi connectivity index (χ3n) is 28.7. The van der Waals surface area contributed by atoms with Crippen molar-refractivity contribution < 1.29 is 10.0 Å². The van der Waals surface area contributed by atoms with Gasteiger partial charge in [0.05, 0.1) is 0 Å². The summed E-state index contributed by atoms with van der Waals surface area (Å²) in [5.74, 6) is 0. The second-order valence-electron chi connectivity index (χ2n) is 36.2. The molecule has 0 aliphatic rings. The summed E-state index contributed by atoms with van der Waals surface area (Å²) in [6, 6.07) is 176. The SMILES string of the molecule is Brc1ccc2c3ccc(Br)cc3c3c(-c4ccccc4)c(-c4ccccc4)c(-c4ccccc4)c(-c4ccccc4)c3c2c1.OB(O)c1ccc2ccc3cccc4ccc1c2c34.c1ccc(-c2c(-c3ccccc3)c(-c3ccccc3)c3c4cc(-c5ccc6ccc7cccc8ccc5c6c78)ccc4c4ccc(-c5ccc6ccc7cccc8ccc5c6c78)cc4c3c2-c2ccccc2)cc1. The molecule has 28 rings (SSSR count). The lowest BCUT2D eigenvalue weighted by Gasteiger charge is -2.27. The minimum Gasteiger partial charge on any atom is -0.423 e. The summed E-state index contributed by atoms with van der Waals surface area (Å²) >= 11 is 7.69. The van der Waals surface area contributed by atoms with Crippen LogP contribution in [0.1, 0.15) is 0 Å². The maximum absolute atomic E-state index is 9.51. The molecular weight excluding hydrogens is 1790 g/mol. The lowest BCUT2D eigenvalue weighted by molar-refractivity contribution is 0.426. The number of halogens is 2. The first-order chi connectivity index (χ1) is 67.7. The van der Waals surface area contributed by atoms with E-state index in [1.54, 1.807) is 6.07 Å². The number of rotatable bonds is 11. The zero-order valence-corrected chi connectivity index (χ0v) is 77.5. The highest BCUT2D eigenvalue weighted by molar-refractivity contribution is 9.10. The molecule has 0 spiro atoms. The highest BCUT2D eigenvalue weighted by atomic mass is 79.9. The molecule has 0 radical (unpaired) electrons. The minimum atomic E-state index is -1.44. The molecule has 137 heavy (non-hydrogen) atoms. The van der Waals surface area contributed by atoms with Gasteiger partial charge in [-0.25, -0.2) is 0 Å². The van der Waals surface area contributed by atoms with Gasteiger partial charge in [0.15, 0.2) is 0 Å². The molecule has 0 unspecified atom stereocenters. The number of fused-ring (bicyclic) bond motifs is 12. The van der Waals surface area contributed by atoms with Gasteiger partial charge in [-0.3, -0.25) is 0 Å². The first-order valence-corrected chi connectivity index (χ1v) is 48.4. The maximum atomic E-state index is 9.51. The third kappa shape index (κ3) is 13.5. The zero-order chi connectivity index (χ0) is 91.0. The first kappa shape index (κ1) is 81.5. The topological polar surface area (TPSA) is 40.5 Å². The van der Waals surface area contributed by atoms with E-state index in [2.05, 4.69) is 481 Å². The van der Waals surface area contributed by atoms with E-state index in [-0.39, 0.29) is 0 Å². The van der Waals surface area contributed by atoms with Crippen molar-refractivity contribution in [2.75, 3.05) is 0 Å². The molecule has 0 amide bonds. The molecule has 0 aliphatic heterocycles. The fourth-order valence-corrected chi connectivity index (χ4v) is 23.6. The molecule has 2 nitrogen and oxygen atoms in total. The number of hydrogen-bond acceptors (Lipinski definition) is 2. The minimum absolute atomic E-state index is 0.561. The van der Waals surface area contributed by atoms with Gasteiger partial charge in [0, 0.05) is 8.95 Å². The summed E-state index contributed by atoms with van der Waals surface area (Å²) in [5, 5.41) is 56.2. The van der Waals surface area contributed by atoms with Crippen LogP contribution in [-0.4, -0.2) is 17.2 Å². The van der Waals surface area contributed by atoms with Gasteiger partial charge in [-0.05, 0) is 315 Å². The average molecular weight is 1870 g/mol. The van der Waals surface area contributed by atoms with Crippen LogP contribution in [-0.2, 0) is 0 Å². The number of benzene rings is 28. The second kappa shape index (κ2) is 33.4. The Morgan fingerprint density at radius 2 is 0.350 bits per heavy atom. The molecule has 0 aliphatic carbocycles. The molecule has 28 aromatic carbocycles. The fraction of sp³-hybridized carbons (Fsp3) is 0. The van der Waals surface area contributed by atoms with Crippen molar-refractivity contribution >= 4 is 206 Å². The smallest absolute Gasteiger partial charge is 0.423 e. The molecule has 0 saturated carbocycles. The highest BCUT2D eigenvalue weighted by Gasteiger charge is 2.32. The summed E-state index contributed by atoms with van der Waals surface area (Å²) in [5.41, 5.74) is 24.9. The predicted octanol–water partition coefficient (Wildman–Crippen LogP) is 36.5.